The molecule has 0 spiro atoms. The highest BCUT2D eigenvalue weighted by Crippen LogP contribution is 2.63. The number of hydrogen-bond acceptors (Lipinski definition) is 4. The Bertz CT molecular complexity index is 368. The van der Waals surface area contributed by atoms with Crippen LogP contribution in [0.4, 0.5) is 0 Å². The Morgan fingerprint density at radius 3 is 2.37 bits per heavy atom. The first-order valence-corrected chi connectivity index (χ1v) is 7.20. The molecule has 1 saturated carbocycles. The van der Waals surface area contributed by atoms with E-state index in [1.54, 1.807) is 13.8 Å². The fourth-order valence-electron chi connectivity index (χ4n) is 3.21. The lowest BCUT2D eigenvalue weighted by Gasteiger charge is -2.15. The molecule has 0 heterocycles. The van der Waals surface area contributed by atoms with E-state index in [1.807, 2.05) is 6.08 Å². The third kappa shape index (κ3) is 2.28. The van der Waals surface area contributed by atoms with Gasteiger partial charge in [0.1, 0.15) is 0 Å². The van der Waals surface area contributed by atoms with Crippen molar-refractivity contribution in [1.82, 2.24) is 0 Å². The van der Waals surface area contributed by atoms with Crippen LogP contribution in [-0.2, 0) is 19.1 Å². The smallest absolute Gasteiger partial charge is 0.324 e. The lowest BCUT2D eigenvalue weighted by atomic mass is 10.00. The second kappa shape index (κ2) is 5.76. The van der Waals surface area contributed by atoms with Crippen LogP contribution in [0.15, 0.2) is 12.2 Å². The van der Waals surface area contributed by atoms with Crippen molar-refractivity contribution in [1.29, 1.82) is 0 Å². The Labute approximate surface area is 114 Å². The van der Waals surface area contributed by atoms with Crippen LogP contribution in [0.2, 0.25) is 0 Å². The maximum absolute atomic E-state index is 12.3. The molecule has 19 heavy (non-hydrogen) atoms. The minimum absolute atomic E-state index is 0.0362. The molecule has 2 aliphatic carbocycles. The Balaban J connectivity index is 2.26. The second-order valence-electron chi connectivity index (χ2n) is 5.15. The standard InChI is InChI=1S/C15H22O4/c1-3-18-13(16)15(14(17)19-4-2)11-9-7-5-6-8-10-12(11)15/h7,9,11-12H,3-6,8,10H2,1-2H3/b9-7-/t11-,12+/m1/s1. The van der Waals surface area contributed by atoms with Gasteiger partial charge in [-0.05, 0) is 39.0 Å². The summed E-state index contributed by atoms with van der Waals surface area (Å²) in [7, 11) is 0. The fraction of sp³-hybridized carbons (Fsp3) is 0.733. The molecule has 2 rings (SSSR count). The van der Waals surface area contributed by atoms with E-state index in [0.29, 0.717) is 13.2 Å². The average Bonchev–Trinajstić information content (AvgIpc) is 2.96. The Kier molecular flexibility index (Phi) is 4.27. The van der Waals surface area contributed by atoms with Crippen LogP contribution in [0.25, 0.3) is 0 Å². The molecule has 0 aromatic rings. The van der Waals surface area contributed by atoms with Crippen molar-refractivity contribution in [2.24, 2.45) is 17.3 Å². The van der Waals surface area contributed by atoms with Gasteiger partial charge in [-0.1, -0.05) is 18.6 Å². The van der Waals surface area contributed by atoms with Gasteiger partial charge in [-0.2, -0.15) is 0 Å². The second-order valence-corrected chi connectivity index (χ2v) is 5.15. The summed E-state index contributed by atoms with van der Waals surface area (Å²) in [5.74, 6) is -0.793. The van der Waals surface area contributed by atoms with Crippen molar-refractivity contribution in [3.05, 3.63) is 12.2 Å². The predicted molar refractivity (Wildman–Crippen MR) is 70.3 cm³/mol. The molecule has 0 bridgehead atoms. The van der Waals surface area contributed by atoms with E-state index in [-0.39, 0.29) is 11.8 Å². The summed E-state index contributed by atoms with van der Waals surface area (Å²) in [6.45, 7) is 4.11. The van der Waals surface area contributed by atoms with Crippen molar-refractivity contribution < 1.29 is 19.1 Å². The first kappa shape index (κ1) is 14.1. The molecule has 4 heteroatoms. The summed E-state index contributed by atoms with van der Waals surface area (Å²) >= 11 is 0. The van der Waals surface area contributed by atoms with Gasteiger partial charge < -0.3 is 9.47 Å². The molecular weight excluding hydrogens is 244 g/mol. The van der Waals surface area contributed by atoms with E-state index in [9.17, 15) is 9.59 Å². The van der Waals surface area contributed by atoms with Gasteiger partial charge in [0.2, 0.25) is 0 Å². The Morgan fingerprint density at radius 2 is 1.79 bits per heavy atom. The van der Waals surface area contributed by atoms with Crippen molar-refractivity contribution >= 4 is 11.9 Å². The zero-order valence-electron chi connectivity index (χ0n) is 11.7. The molecule has 2 atom stereocenters. The molecule has 0 radical (unpaired) electrons. The van der Waals surface area contributed by atoms with Crippen LogP contribution in [0.3, 0.4) is 0 Å². The summed E-state index contributed by atoms with van der Waals surface area (Å²) in [4.78, 5) is 24.6. The van der Waals surface area contributed by atoms with Gasteiger partial charge in [0, 0.05) is 5.92 Å². The fourth-order valence-corrected chi connectivity index (χ4v) is 3.21. The van der Waals surface area contributed by atoms with Gasteiger partial charge >= 0.3 is 11.9 Å². The van der Waals surface area contributed by atoms with Gasteiger partial charge in [-0.3, -0.25) is 9.59 Å². The Morgan fingerprint density at radius 1 is 1.16 bits per heavy atom. The number of carbonyl (C=O) groups excluding carboxylic acids is 2. The molecule has 2 aliphatic rings. The molecule has 1 fully saturated rings. The summed E-state index contributed by atoms with van der Waals surface area (Å²) in [6.07, 6.45) is 8.17. The molecule has 0 unspecified atom stereocenters. The highest BCUT2D eigenvalue weighted by molar-refractivity contribution is 6.05. The van der Waals surface area contributed by atoms with E-state index < -0.39 is 17.4 Å². The molecule has 0 aromatic heterocycles. The van der Waals surface area contributed by atoms with Crippen molar-refractivity contribution in [2.45, 2.75) is 39.5 Å². The van der Waals surface area contributed by atoms with Gasteiger partial charge in [0.15, 0.2) is 5.41 Å². The van der Waals surface area contributed by atoms with Crippen LogP contribution in [0, 0.1) is 17.3 Å². The molecule has 106 valence electrons. The van der Waals surface area contributed by atoms with Crippen LogP contribution in [-0.4, -0.2) is 25.2 Å². The van der Waals surface area contributed by atoms with Crippen molar-refractivity contribution in [3.63, 3.8) is 0 Å². The van der Waals surface area contributed by atoms with Crippen molar-refractivity contribution in [2.75, 3.05) is 13.2 Å². The number of fused-ring (bicyclic) bond motifs is 1. The minimum atomic E-state index is -1.06. The highest BCUT2D eigenvalue weighted by atomic mass is 16.6. The number of esters is 2. The van der Waals surface area contributed by atoms with Crippen LogP contribution in [0.5, 0.6) is 0 Å². The molecule has 0 aromatic carbocycles. The van der Waals surface area contributed by atoms with E-state index in [1.165, 1.54) is 0 Å². The van der Waals surface area contributed by atoms with Crippen LogP contribution < -0.4 is 0 Å². The predicted octanol–water partition coefficient (Wildman–Crippen LogP) is 2.48. The SMILES string of the molecule is CCOC(=O)C1(C(=O)OCC)[C@@H]2/C=C\CCCC[C@@H]21. The third-order valence-electron chi connectivity index (χ3n) is 4.14. The zero-order chi connectivity index (χ0) is 13.9. The molecule has 0 saturated heterocycles. The molecular formula is C15H22O4. The van der Waals surface area contributed by atoms with Gasteiger partial charge in [-0.25, -0.2) is 0 Å². The van der Waals surface area contributed by atoms with E-state index in [4.69, 9.17) is 9.47 Å². The maximum atomic E-state index is 12.3. The minimum Gasteiger partial charge on any atom is -0.465 e. The van der Waals surface area contributed by atoms with Crippen molar-refractivity contribution in [3.8, 4) is 0 Å². The molecule has 0 amide bonds. The first-order chi connectivity index (χ1) is 9.19. The number of hydrogen-bond donors (Lipinski definition) is 0. The quantitative estimate of drug-likeness (QED) is 0.445. The third-order valence-corrected chi connectivity index (χ3v) is 4.14. The number of carbonyl (C=O) groups is 2. The maximum Gasteiger partial charge on any atom is 0.324 e. The molecule has 4 nitrogen and oxygen atoms in total. The molecule has 0 N–H and O–H groups in total. The topological polar surface area (TPSA) is 52.6 Å². The number of allylic oxidation sites excluding steroid dienone is 2. The van der Waals surface area contributed by atoms with Crippen LogP contribution in [0.1, 0.15) is 39.5 Å². The monoisotopic (exact) mass is 266 g/mol. The lowest BCUT2D eigenvalue weighted by Crippen LogP contribution is -2.33. The van der Waals surface area contributed by atoms with Gasteiger partial charge in [0.25, 0.3) is 0 Å². The number of rotatable bonds is 4. The largest absolute Gasteiger partial charge is 0.465 e. The molecule has 0 aliphatic heterocycles. The summed E-state index contributed by atoms with van der Waals surface area (Å²) in [5.41, 5.74) is -1.06. The summed E-state index contributed by atoms with van der Waals surface area (Å²) in [5, 5.41) is 0. The first-order valence-electron chi connectivity index (χ1n) is 7.20. The van der Waals surface area contributed by atoms with Gasteiger partial charge in [-0.15, -0.1) is 0 Å². The summed E-state index contributed by atoms with van der Waals surface area (Å²) < 4.78 is 10.3. The average molecular weight is 266 g/mol. The number of ether oxygens (including phenoxy) is 2. The highest BCUT2D eigenvalue weighted by Gasteiger charge is 2.74. The van der Waals surface area contributed by atoms with Gasteiger partial charge in [0.05, 0.1) is 13.2 Å². The van der Waals surface area contributed by atoms with E-state index in [2.05, 4.69) is 6.08 Å². The zero-order valence-corrected chi connectivity index (χ0v) is 11.7. The Hall–Kier alpha value is -1.32. The lowest BCUT2D eigenvalue weighted by molar-refractivity contribution is -0.165. The summed E-state index contributed by atoms with van der Waals surface area (Å²) in [6, 6.07) is 0. The van der Waals surface area contributed by atoms with E-state index >= 15 is 0 Å². The van der Waals surface area contributed by atoms with Crippen LogP contribution >= 0.6 is 0 Å². The van der Waals surface area contributed by atoms with E-state index in [0.717, 1.165) is 25.7 Å². The normalized spacial score (nSPS) is 29.4.